The maximum atomic E-state index is 13.3. The summed E-state index contributed by atoms with van der Waals surface area (Å²) in [5.74, 6) is -0.212. The molecule has 0 saturated carbocycles. The van der Waals surface area contributed by atoms with Crippen molar-refractivity contribution in [3.05, 3.63) is 54.8 Å². The van der Waals surface area contributed by atoms with E-state index in [4.69, 9.17) is 0 Å². The average molecular weight is 393 g/mol. The quantitative estimate of drug-likeness (QED) is 0.724. The molecule has 0 radical (unpaired) electrons. The van der Waals surface area contributed by atoms with Crippen molar-refractivity contribution < 1.29 is 4.39 Å². The fourth-order valence-corrected chi connectivity index (χ4v) is 3.49. The Labute approximate surface area is 127 Å². The molecule has 2 aromatic rings. The summed E-state index contributed by atoms with van der Waals surface area (Å²) < 4.78 is 15.0. The molecule has 0 unspecified atom stereocenters. The molecule has 1 aromatic heterocycles. The summed E-state index contributed by atoms with van der Waals surface area (Å²) in [7, 11) is 0. The molecule has 0 bridgehead atoms. The van der Waals surface area contributed by atoms with E-state index in [1.165, 1.54) is 10.9 Å². The average Bonchev–Trinajstić information content (AvgIpc) is 2.76. The molecule has 1 nitrogen and oxygen atoms in total. The molecule has 0 atom stereocenters. The van der Waals surface area contributed by atoms with Crippen LogP contribution in [0.4, 0.5) is 4.39 Å². The topological polar surface area (TPSA) is 12.0 Å². The Balaban J connectivity index is 1.80. The number of benzene rings is 1. The summed E-state index contributed by atoms with van der Waals surface area (Å²) in [4.78, 5) is 1.34. The molecule has 0 aliphatic rings. The highest BCUT2D eigenvalue weighted by Crippen LogP contribution is 2.22. The molecule has 0 saturated heterocycles. The number of thiophene rings is 1. The van der Waals surface area contributed by atoms with Crippen molar-refractivity contribution >= 4 is 43.2 Å². The molecule has 1 N–H and O–H groups in total. The van der Waals surface area contributed by atoms with Crippen molar-refractivity contribution in [2.75, 3.05) is 6.54 Å². The summed E-state index contributed by atoms with van der Waals surface area (Å²) in [6, 6.07) is 9.28. The van der Waals surface area contributed by atoms with Gasteiger partial charge in [0, 0.05) is 18.0 Å². The van der Waals surface area contributed by atoms with Crippen LogP contribution in [0.25, 0.3) is 0 Å². The highest BCUT2D eigenvalue weighted by Gasteiger charge is 2.04. The van der Waals surface area contributed by atoms with Crippen LogP contribution in [0.2, 0.25) is 0 Å². The molecule has 0 aliphatic carbocycles. The summed E-state index contributed by atoms with van der Waals surface area (Å²) in [5.41, 5.74) is 0.947. The van der Waals surface area contributed by atoms with Gasteiger partial charge in [-0.1, -0.05) is 12.1 Å². The first-order chi connectivity index (χ1) is 8.66. The number of hydrogen-bond acceptors (Lipinski definition) is 2. The predicted octanol–water partition coefficient (Wildman–Crippen LogP) is 4.74. The molecule has 1 heterocycles. The third-order valence-electron chi connectivity index (χ3n) is 2.52. The predicted molar refractivity (Wildman–Crippen MR) is 81.5 cm³/mol. The van der Waals surface area contributed by atoms with E-state index in [-0.39, 0.29) is 5.82 Å². The van der Waals surface area contributed by atoms with Crippen LogP contribution in [0.15, 0.2) is 38.6 Å². The van der Waals surface area contributed by atoms with Gasteiger partial charge in [0.05, 0.1) is 8.26 Å². The SMILES string of the molecule is Fc1cccc(CNCCc2ccc(Br)s2)c1Br. The number of nitrogens with one attached hydrogen (secondary N) is 1. The first kappa shape index (κ1) is 14.2. The summed E-state index contributed by atoms with van der Waals surface area (Å²) in [6.45, 7) is 1.56. The Kier molecular flexibility index (Phi) is 5.36. The Bertz CT molecular complexity index is 527. The maximum absolute atomic E-state index is 13.3. The van der Waals surface area contributed by atoms with Crippen LogP contribution in [-0.2, 0) is 13.0 Å². The zero-order valence-electron chi connectivity index (χ0n) is 9.55. The lowest BCUT2D eigenvalue weighted by Gasteiger charge is -2.06. The van der Waals surface area contributed by atoms with E-state index in [0.29, 0.717) is 11.0 Å². The highest BCUT2D eigenvalue weighted by molar-refractivity contribution is 9.11. The molecule has 0 spiro atoms. The van der Waals surface area contributed by atoms with Gasteiger partial charge in [-0.2, -0.15) is 0 Å². The van der Waals surface area contributed by atoms with E-state index >= 15 is 0 Å². The number of halogens is 3. The molecule has 2 rings (SSSR count). The van der Waals surface area contributed by atoms with Gasteiger partial charge in [-0.3, -0.25) is 0 Å². The van der Waals surface area contributed by atoms with Crippen molar-refractivity contribution in [3.63, 3.8) is 0 Å². The van der Waals surface area contributed by atoms with Gasteiger partial charge in [0.15, 0.2) is 0 Å². The molecule has 1 aromatic carbocycles. The second kappa shape index (κ2) is 6.80. The number of rotatable bonds is 5. The summed E-state index contributed by atoms with van der Waals surface area (Å²) >= 11 is 8.45. The minimum absolute atomic E-state index is 0.212. The maximum Gasteiger partial charge on any atom is 0.137 e. The summed E-state index contributed by atoms with van der Waals surface area (Å²) in [5, 5.41) is 3.32. The van der Waals surface area contributed by atoms with Gasteiger partial charge < -0.3 is 5.32 Å². The Hall–Kier alpha value is -0.230. The monoisotopic (exact) mass is 391 g/mol. The van der Waals surface area contributed by atoms with Crippen LogP contribution in [0.5, 0.6) is 0 Å². The van der Waals surface area contributed by atoms with E-state index in [1.54, 1.807) is 17.4 Å². The van der Waals surface area contributed by atoms with Crippen molar-refractivity contribution in [1.29, 1.82) is 0 Å². The number of hydrogen-bond donors (Lipinski definition) is 1. The van der Waals surface area contributed by atoms with Crippen molar-refractivity contribution in [3.8, 4) is 0 Å². The van der Waals surface area contributed by atoms with Gasteiger partial charge in [0.1, 0.15) is 5.82 Å². The smallest absolute Gasteiger partial charge is 0.137 e. The minimum Gasteiger partial charge on any atom is -0.312 e. The van der Waals surface area contributed by atoms with Crippen LogP contribution in [0.3, 0.4) is 0 Å². The Morgan fingerprint density at radius 3 is 2.72 bits per heavy atom. The van der Waals surface area contributed by atoms with Crippen molar-refractivity contribution in [2.45, 2.75) is 13.0 Å². The molecular weight excluding hydrogens is 381 g/mol. The first-order valence-electron chi connectivity index (χ1n) is 5.54. The largest absolute Gasteiger partial charge is 0.312 e. The second-order valence-corrected chi connectivity index (χ2v) is 7.19. The van der Waals surface area contributed by atoms with Crippen LogP contribution in [-0.4, -0.2) is 6.54 Å². The first-order valence-corrected chi connectivity index (χ1v) is 7.95. The zero-order chi connectivity index (χ0) is 13.0. The van der Waals surface area contributed by atoms with E-state index < -0.39 is 0 Å². The van der Waals surface area contributed by atoms with Gasteiger partial charge in [-0.15, -0.1) is 11.3 Å². The molecule has 0 fully saturated rings. The van der Waals surface area contributed by atoms with E-state index in [0.717, 1.165) is 22.3 Å². The molecule has 0 aliphatic heterocycles. The van der Waals surface area contributed by atoms with Gasteiger partial charge >= 0.3 is 0 Å². The van der Waals surface area contributed by atoms with E-state index in [9.17, 15) is 4.39 Å². The molecule has 96 valence electrons. The lowest BCUT2D eigenvalue weighted by molar-refractivity contribution is 0.612. The van der Waals surface area contributed by atoms with E-state index in [1.807, 2.05) is 6.07 Å². The molecule has 5 heteroatoms. The summed E-state index contributed by atoms with van der Waals surface area (Å²) in [6.07, 6.45) is 0.989. The fraction of sp³-hybridized carbons (Fsp3) is 0.231. The van der Waals surface area contributed by atoms with Crippen molar-refractivity contribution in [2.24, 2.45) is 0 Å². The van der Waals surface area contributed by atoms with Crippen molar-refractivity contribution in [1.82, 2.24) is 5.32 Å². The normalized spacial score (nSPS) is 10.8. The van der Waals surface area contributed by atoms with Gasteiger partial charge in [0.2, 0.25) is 0 Å². The van der Waals surface area contributed by atoms with Crippen LogP contribution < -0.4 is 5.32 Å². The molecule has 18 heavy (non-hydrogen) atoms. The third kappa shape index (κ3) is 3.88. The molecule has 0 amide bonds. The zero-order valence-corrected chi connectivity index (χ0v) is 13.5. The standard InChI is InChI=1S/C13H12Br2FNS/c14-12-5-4-10(18-12)6-7-17-8-9-2-1-3-11(16)13(9)15/h1-5,17H,6-8H2. The fourth-order valence-electron chi connectivity index (χ4n) is 1.61. The Morgan fingerprint density at radius 1 is 1.17 bits per heavy atom. The third-order valence-corrected chi connectivity index (χ3v) is 5.10. The van der Waals surface area contributed by atoms with Crippen LogP contribution >= 0.6 is 43.2 Å². The minimum atomic E-state index is -0.212. The lowest BCUT2D eigenvalue weighted by Crippen LogP contribution is -2.16. The van der Waals surface area contributed by atoms with Crippen LogP contribution in [0, 0.1) is 5.82 Å². The second-order valence-electron chi connectivity index (χ2n) is 3.85. The van der Waals surface area contributed by atoms with E-state index in [2.05, 4.69) is 49.3 Å². The highest BCUT2D eigenvalue weighted by atomic mass is 79.9. The lowest BCUT2D eigenvalue weighted by atomic mass is 10.2. The van der Waals surface area contributed by atoms with Crippen LogP contribution in [0.1, 0.15) is 10.4 Å². The molecular formula is C13H12Br2FNS. The van der Waals surface area contributed by atoms with Gasteiger partial charge in [-0.25, -0.2) is 4.39 Å². The van der Waals surface area contributed by atoms with Gasteiger partial charge in [0.25, 0.3) is 0 Å². The Morgan fingerprint density at radius 2 is 2.00 bits per heavy atom. The van der Waals surface area contributed by atoms with Gasteiger partial charge in [-0.05, 0) is 62.0 Å².